The highest BCUT2D eigenvalue weighted by Crippen LogP contribution is 2.32. The van der Waals surface area contributed by atoms with Gasteiger partial charge in [-0.15, -0.1) is 0 Å². The van der Waals surface area contributed by atoms with Crippen molar-refractivity contribution in [2.45, 2.75) is 45.2 Å². The van der Waals surface area contributed by atoms with E-state index in [9.17, 15) is 9.90 Å². The monoisotopic (exact) mass is 233 g/mol. The first kappa shape index (κ1) is 12.1. The normalized spacial score (nSPS) is 17.5. The predicted octanol–water partition coefficient (Wildman–Crippen LogP) is 2.40. The second kappa shape index (κ2) is 4.49. The Balaban J connectivity index is 2.04. The largest absolute Gasteiger partial charge is 0.480 e. The fourth-order valence-electron chi connectivity index (χ4n) is 2.44. The van der Waals surface area contributed by atoms with Crippen LogP contribution in [-0.4, -0.2) is 16.6 Å². The van der Waals surface area contributed by atoms with Crippen LogP contribution in [0.15, 0.2) is 18.2 Å². The van der Waals surface area contributed by atoms with Gasteiger partial charge in [0.2, 0.25) is 0 Å². The number of carbonyl (C=O) groups is 1. The molecule has 2 rings (SSSR count). The van der Waals surface area contributed by atoms with Crippen molar-refractivity contribution in [1.29, 1.82) is 0 Å². The van der Waals surface area contributed by atoms with Gasteiger partial charge >= 0.3 is 5.97 Å². The van der Waals surface area contributed by atoms with Gasteiger partial charge in [0.1, 0.15) is 5.54 Å². The van der Waals surface area contributed by atoms with Gasteiger partial charge in [0.15, 0.2) is 0 Å². The quantitative estimate of drug-likeness (QED) is 0.839. The number of nitrogens with one attached hydrogen (secondary N) is 1. The Labute approximate surface area is 102 Å². The number of aliphatic carboxylic acids is 1. The minimum atomic E-state index is -0.715. The van der Waals surface area contributed by atoms with E-state index in [0.717, 1.165) is 24.8 Å². The third kappa shape index (κ3) is 2.50. The van der Waals surface area contributed by atoms with Crippen molar-refractivity contribution in [1.82, 2.24) is 5.32 Å². The van der Waals surface area contributed by atoms with Gasteiger partial charge in [0.25, 0.3) is 0 Å². The highest BCUT2D eigenvalue weighted by molar-refractivity contribution is 5.79. The highest BCUT2D eigenvalue weighted by Gasteiger charge is 2.43. The molecule has 0 aliphatic heterocycles. The lowest BCUT2D eigenvalue weighted by atomic mass is 9.76. The molecular formula is C14H19NO2. The SMILES string of the molecule is Cc1cc(C)cc(CNC2(C(=O)O)CCC2)c1. The molecule has 1 aliphatic rings. The van der Waals surface area contributed by atoms with Crippen LogP contribution in [-0.2, 0) is 11.3 Å². The molecule has 0 amide bonds. The highest BCUT2D eigenvalue weighted by atomic mass is 16.4. The molecule has 2 N–H and O–H groups in total. The number of rotatable bonds is 4. The van der Waals surface area contributed by atoms with Crippen LogP contribution in [0.1, 0.15) is 36.0 Å². The summed E-state index contributed by atoms with van der Waals surface area (Å²) in [5, 5.41) is 12.4. The van der Waals surface area contributed by atoms with Crippen molar-refractivity contribution >= 4 is 5.97 Å². The zero-order valence-corrected chi connectivity index (χ0v) is 10.4. The molecule has 17 heavy (non-hydrogen) atoms. The molecule has 0 heterocycles. The zero-order chi connectivity index (χ0) is 12.5. The van der Waals surface area contributed by atoms with Crippen molar-refractivity contribution in [3.63, 3.8) is 0 Å². The molecular weight excluding hydrogens is 214 g/mol. The predicted molar refractivity (Wildman–Crippen MR) is 67.0 cm³/mol. The molecule has 0 aromatic heterocycles. The second-order valence-corrected chi connectivity index (χ2v) is 5.09. The van der Waals surface area contributed by atoms with E-state index in [4.69, 9.17) is 0 Å². The van der Waals surface area contributed by atoms with E-state index in [0.29, 0.717) is 6.54 Å². The van der Waals surface area contributed by atoms with Crippen LogP contribution in [0.2, 0.25) is 0 Å². The molecule has 1 fully saturated rings. The summed E-state index contributed by atoms with van der Waals surface area (Å²) >= 11 is 0. The molecule has 1 saturated carbocycles. The summed E-state index contributed by atoms with van der Waals surface area (Å²) in [6.07, 6.45) is 2.49. The van der Waals surface area contributed by atoms with Crippen molar-refractivity contribution < 1.29 is 9.90 Å². The summed E-state index contributed by atoms with van der Waals surface area (Å²) in [7, 11) is 0. The summed E-state index contributed by atoms with van der Waals surface area (Å²) in [4.78, 5) is 11.2. The number of carboxylic acid groups (broad SMARTS) is 1. The first-order chi connectivity index (χ1) is 8.02. The van der Waals surface area contributed by atoms with E-state index in [-0.39, 0.29) is 0 Å². The molecule has 1 aliphatic carbocycles. The van der Waals surface area contributed by atoms with Crippen LogP contribution in [0.5, 0.6) is 0 Å². The molecule has 92 valence electrons. The lowest BCUT2D eigenvalue weighted by Gasteiger charge is -2.38. The van der Waals surface area contributed by atoms with Gasteiger partial charge in [0.05, 0.1) is 0 Å². The van der Waals surface area contributed by atoms with Crippen LogP contribution in [0.3, 0.4) is 0 Å². The minimum Gasteiger partial charge on any atom is -0.480 e. The molecule has 0 atom stereocenters. The summed E-state index contributed by atoms with van der Waals surface area (Å²) in [5.41, 5.74) is 2.94. The molecule has 3 heteroatoms. The van der Waals surface area contributed by atoms with E-state index in [1.165, 1.54) is 11.1 Å². The van der Waals surface area contributed by atoms with Crippen LogP contribution in [0.25, 0.3) is 0 Å². The Morgan fingerprint density at radius 2 is 1.88 bits per heavy atom. The fourth-order valence-corrected chi connectivity index (χ4v) is 2.44. The molecule has 1 aromatic carbocycles. The van der Waals surface area contributed by atoms with Crippen molar-refractivity contribution in [3.8, 4) is 0 Å². The summed E-state index contributed by atoms with van der Waals surface area (Å²) in [6, 6.07) is 6.34. The third-order valence-electron chi connectivity index (χ3n) is 3.53. The maximum absolute atomic E-state index is 11.2. The van der Waals surface area contributed by atoms with Crippen LogP contribution in [0.4, 0.5) is 0 Å². The number of aryl methyl sites for hydroxylation is 2. The van der Waals surface area contributed by atoms with Gasteiger partial charge in [-0.3, -0.25) is 10.1 Å². The second-order valence-electron chi connectivity index (χ2n) is 5.09. The van der Waals surface area contributed by atoms with E-state index in [1.54, 1.807) is 0 Å². The molecule has 0 radical (unpaired) electrons. The zero-order valence-electron chi connectivity index (χ0n) is 10.4. The van der Waals surface area contributed by atoms with E-state index < -0.39 is 11.5 Å². The Morgan fingerprint density at radius 3 is 2.29 bits per heavy atom. The summed E-state index contributed by atoms with van der Waals surface area (Å²) in [5.74, 6) is -0.715. The average Bonchev–Trinajstić information content (AvgIpc) is 2.13. The number of carboxylic acids is 1. The van der Waals surface area contributed by atoms with E-state index >= 15 is 0 Å². The lowest BCUT2D eigenvalue weighted by molar-refractivity contribution is -0.148. The van der Waals surface area contributed by atoms with Gasteiger partial charge in [0, 0.05) is 6.54 Å². The number of benzene rings is 1. The number of hydrogen-bond donors (Lipinski definition) is 2. The van der Waals surface area contributed by atoms with Gasteiger partial charge in [-0.25, -0.2) is 0 Å². The third-order valence-corrected chi connectivity index (χ3v) is 3.53. The maximum Gasteiger partial charge on any atom is 0.323 e. The molecule has 3 nitrogen and oxygen atoms in total. The Morgan fingerprint density at radius 1 is 1.29 bits per heavy atom. The van der Waals surface area contributed by atoms with Crippen LogP contribution < -0.4 is 5.32 Å². The van der Waals surface area contributed by atoms with Crippen molar-refractivity contribution in [2.75, 3.05) is 0 Å². The molecule has 1 aromatic rings. The summed E-state index contributed by atoms with van der Waals surface area (Å²) < 4.78 is 0. The van der Waals surface area contributed by atoms with Gasteiger partial charge in [-0.05, 0) is 38.7 Å². The van der Waals surface area contributed by atoms with Crippen molar-refractivity contribution in [3.05, 3.63) is 34.9 Å². The smallest absolute Gasteiger partial charge is 0.323 e. The Bertz CT molecular complexity index is 416. The topological polar surface area (TPSA) is 49.3 Å². The lowest BCUT2D eigenvalue weighted by Crippen LogP contribution is -2.56. The van der Waals surface area contributed by atoms with Gasteiger partial charge in [-0.2, -0.15) is 0 Å². The molecule has 0 saturated heterocycles. The number of hydrogen-bond acceptors (Lipinski definition) is 2. The molecule has 0 bridgehead atoms. The fraction of sp³-hybridized carbons (Fsp3) is 0.500. The molecule has 0 unspecified atom stereocenters. The Kier molecular flexibility index (Phi) is 3.20. The van der Waals surface area contributed by atoms with Crippen LogP contribution in [0, 0.1) is 13.8 Å². The van der Waals surface area contributed by atoms with E-state index in [1.807, 2.05) is 0 Å². The standard InChI is InChI=1S/C14H19NO2/c1-10-6-11(2)8-12(7-10)9-15-14(13(16)17)4-3-5-14/h6-8,15H,3-5,9H2,1-2H3,(H,16,17). The van der Waals surface area contributed by atoms with Gasteiger partial charge in [-0.1, -0.05) is 29.3 Å². The molecule has 0 spiro atoms. The first-order valence-electron chi connectivity index (χ1n) is 6.07. The van der Waals surface area contributed by atoms with Gasteiger partial charge < -0.3 is 5.11 Å². The summed E-state index contributed by atoms with van der Waals surface area (Å²) in [6.45, 7) is 4.76. The van der Waals surface area contributed by atoms with E-state index in [2.05, 4.69) is 37.4 Å². The first-order valence-corrected chi connectivity index (χ1v) is 6.07. The average molecular weight is 233 g/mol. The Hall–Kier alpha value is -1.35. The van der Waals surface area contributed by atoms with Crippen molar-refractivity contribution in [2.24, 2.45) is 0 Å². The minimum absolute atomic E-state index is 0.634. The van der Waals surface area contributed by atoms with Crippen LogP contribution >= 0.6 is 0 Å². The maximum atomic E-state index is 11.2.